The zero-order valence-electron chi connectivity index (χ0n) is 23.1. The summed E-state index contributed by atoms with van der Waals surface area (Å²) in [6.45, 7) is 9.10. The molecule has 1 unspecified atom stereocenters. The Labute approximate surface area is 233 Å². The monoisotopic (exact) mass is 601 g/mol. The Morgan fingerprint density at radius 2 is 1.59 bits per heavy atom. The van der Waals surface area contributed by atoms with Gasteiger partial charge >= 0.3 is 28.4 Å². The van der Waals surface area contributed by atoms with Crippen LogP contribution in [0.15, 0.2) is 0 Å². The molecule has 1 rings (SSSR count). The minimum Gasteiger partial charge on any atom is -0.480 e. The van der Waals surface area contributed by atoms with Gasteiger partial charge in [-0.15, -0.1) is 0 Å². The van der Waals surface area contributed by atoms with Gasteiger partial charge in [0.15, 0.2) is 5.72 Å². The number of hydrogen-bond acceptors (Lipinski definition) is 13. The van der Waals surface area contributed by atoms with Crippen LogP contribution in [-0.4, -0.2) is 98.6 Å². The highest BCUT2D eigenvalue weighted by atomic mass is 32.3. The molecule has 4 N–H and O–H groups in total. The maximum atomic E-state index is 12.8. The highest BCUT2D eigenvalue weighted by Gasteiger charge is 2.54. The van der Waals surface area contributed by atoms with Crippen molar-refractivity contribution in [3.8, 4) is 0 Å². The predicted molar refractivity (Wildman–Crippen MR) is 139 cm³/mol. The van der Waals surface area contributed by atoms with Gasteiger partial charge in [0.2, 0.25) is 5.91 Å². The molecular weight excluding hydrogens is 562 g/mol. The molecule has 1 saturated heterocycles. The largest absolute Gasteiger partial charge is 0.480 e. The molecule has 0 aromatic heterocycles. The minimum atomic E-state index is -4.39. The first-order valence-corrected chi connectivity index (χ1v) is 13.9. The van der Waals surface area contributed by atoms with Crippen molar-refractivity contribution in [1.29, 1.82) is 0 Å². The van der Waals surface area contributed by atoms with Gasteiger partial charge in [-0.05, 0) is 48.0 Å². The Morgan fingerprint density at radius 3 is 2.03 bits per heavy atom. The molecule has 39 heavy (non-hydrogen) atoms. The number of carboxylic acid groups (broad SMARTS) is 1. The maximum Gasteiger partial charge on any atom is 0.408 e. The van der Waals surface area contributed by atoms with Crippen molar-refractivity contribution in [2.45, 2.75) is 89.4 Å². The molecule has 2 amide bonds. The van der Waals surface area contributed by atoms with Crippen LogP contribution >= 0.6 is 12.6 Å². The van der Waals surface area contributed by atoms with Gasteiger partial charge in [-0.1, -0.05) is 0 Å². The van der Waals surface area contributed by atoms with Crippen molar-refractivity contribution in [2.24, 2.45) is 0 Å². The number of ether oxygens (including phenoxy) is 3. The van der Waals surface area contributed by atoms with Gasteiger partial charge < -0.3 is 30.0 Å². The second-order valence-corrected chi connectivity index (χ2v) is 12.4. The van der Waals surface area contributed by atoms with Gasteiger partial charge in [0.1, 0.15) is 23.3 Å². The molecule has 0 bridgehead atoms. The lowest BCUT2D eigenvalue weighted by Crippen LogP contribution is -2.59. The fourth-order valence-corrected chi connectivity index (χ4v) is 3.84. The molecule has 0 aromatic carbocycles. The van der Waals surface area contributed by atoms with Crippen LogP contribution in [0, 0.1) is 0 Å². The van der Waals surface area contributed by atoms with Crippen LogP contribution in [0.1, 0.15) is 54.4 Å². The van der Waals surface area contributed by atoms with E-state index in [9.17, 15) is 32.7 Å². The van der Waals surface area contributed by atoms with Crippen molar-refractivity contribution in [3.05, 3.63) is 0 Å². The number of esters is 1. The number of nitrogens with one attached hydrogen (secondary N) is 3. The van der Waals surface area contributed by atoms with Crippen LogP contribution in [0.3, 0.4) is 0 Å². The fraction of sp³-hybridized carbons (Fsp3) is 0.818. The first-order valence-electron chi connectivity index (χ1n) is 11.9. The maximum absolute atomic E-state index is 12.8. The molecule has 1 heterocycles. The zero-order chi connectivity index (χ0) is 30.2. The number of epoxide rings is 1. The number of amides is 2. The summed E-state index contributed by atoms with van der Waals surface area (Å²) in [7, 11) is -3.53. The van der Waals surface area contributed by atoms with Crippen LogP contribution < -0.4 is 16.0 Å². The van der Waals surface area contributed by atoms with Crippen molar-refractivity contribution in [1.82, 2.24) is 16.0 Å². The molecule has 0 spiro atoms. The second kappa shape index (κ2) is 13.9. The van der Waals surface area contributed by atoms with Gasteiger partial charge in [0.05, 0.1) is 26.4 Å². The molecule has 15 nitrogen and oxygen atoms in total. The number of aliphatic carboxylic acids is 1. The average molecular weight is 602 g/mol. The van der Waals surface area contributed by atoms with Gasteiger partial charge in [-0.3, -0.25) is 19.1 Å². The molecule has 4 atom stereocenters. The summed E-state index contributed by atoms with van der Waals surface area (Å²) < 4.78 is 47.4. The van der Waals surface area contributed by atoms with E-state index in [0.717, 1.165) is 7.11 Å². The Bertz CT molecular complexity index is 987. The van der Waals surface area contributed by atoms with Gasteiger partial charge in [-0.2, -0.15) is 21.0 Å². The Morgan fingerprint density at radius 1 is 1.03 bits per heavy atom. The summed E-state index contributed by atoms with van der Waals surface area (Å²) in [6, 6.07) is -3.58. The van der Waals surface area contributed by atoms with Gasteiger partial charge in [-0.25, -0.2) is 13.8 Å². The van der Waals surface area contributed by atoms with E-state index in [1.54, 1.807) is 41.5 Å². The first kappa shape index (κ1) is 34.8. The highest BCUT2D eigenvalue weighted by Crippen LogP contribution is 2.29. The second-order valence-electron chi connectivity index (χ2n) is 10.6. The normalized spacial score (nSPS) is 19.8. The summed E-state index contributed by atoms with van der Waals surface area (Å²) >= 11 is 4.21. The van der Waals surface area contributed by atoms with E-state index >= 15 is 0 Å². The Kier molecular flexibility index (Phi) is 12.5. The molecule has 0 radical (unpaired) electrons. The number of carbonyl (C=O) groups is 4. The van der Waals surface area contributed by atoms with Gasteiger partial charge in [0, 0.05) is 12.2 Å². The average Bonchev–Trinajstić information content (AvgIpc) is 3.55. The summed E-state index contributed by atoms with van der Waals surface area (Å²) in [5.74, 6) is -2.75. The van der Waals surface area contributed by atoms with Crippen molar-refractivity contribution < 1.29 is 55.3 Å². The number of thiol groups is 1. The summed E-state index contributed by atoms with van der Waals surface area (Å²) in [5.41, 5.74) is -3.03. The number of rotatable bonds is 15. The summed E-state index contributed by atoms with van der Waals surface area (Å²) in [5, 5.41) is 17.2. The fourth-order valence-electron chi connectivity index (χ4n) is 3.06. The number of alkyl carbamates (subject to hydrolysis) is 1. The Hall–Kier alpha value is -2.18. The molecule has 1 aliphatic heterocycles. The summed E-state index contributed by atoms with van der Waals surface area (Å²) in [4.78, 5) is 49.3. The van der Waals surface area contributed by atoms with Crippen LogP contribution in [0.4, 0.5) is 4.79 Å². The van der Waals surface area contributed by atoms with Gasteiger partial charge in [0.25, 0.3) is 0 Å². The number of carboxylic acids is 1. The third-order valence-corrected chi connectivity index (χ3v) is 6.08. The lowest BCUT2D eigenvalue weighted by molar-refractivity contribution is -0.157. The molecule has 1 fully saturated rings. The van der Waals surface area contributed by atoms with E-state index in [4.69, 9.17) is 14.2 Å². The molecule has 0 aromatic rings. The van der Waals surface area contributed by atoms with Crippen molar-refractivity contribution >= 4 is 47.0 Å². The number of carbonyl (C=O) groups excluding carboxylic acids is 3. The quantitative estimate of drug-likeness (QED) is 0.0959. The minimum absolute atomic E-state index is 0.00790. The number of hydrogen-bond donors (Lipinski definition) is 5. The van der Waals surface area contributed by atoms with Crippen LogP contribution in [0.5, 0.6) is 0 Å². The van der Waals surface area contributed by atoms with E-state index < -0.39 is 76.0 Å². The van der Waals surface area contributed by atoms with Crippen molar-refractivity contribution in [3.63, 3.8) is 0 Å². The van der Waals surface area contributed by atoms with E-state index in [-0.39, 0.29) is 25.2 Å². The topological polar surface area (TPSA) is 208 Å². The van der Waals surface area contributed by atoms with E-state index in [1.807, 2.05) is 0 Å². The van der Waals surface area contributed by atoms with E-state index in [0.29, 0.717) is 0 Å². The van der Waals surface area contributed by atoms with E-state index in [1.165, 1.54) is 0 Å². The molecular formula is C22H39N3O12S2. The lowest BCUT2D eigenvalue weighted by atomic mass is 10.1. The first-order chi connectivity index (χ1) is 17.7. The Balaban J connectivity index is 2.87. The molecule has 17 heteroatoms. The standard InChI is InChI=1S/C22H39N3O12S2/c1-20(2,3)36-18(29)13(23-19(30)37-21(4,5)6)8-9-16(26)24-15(11-38)22(12-34-22)25-14(17(27)28)10-35-39(31,32)33-7/h13-15,25,38H,8-12H2,1-7H3,(H,23,30)(H,24,26)(H,27,28)/t13-,14-,15-,22?/m0/s1. The molecule has 0 saturated carbocycles. The molecule has 226 valence electrons. The van der Waals surface area contributed by atoms with Crippen molar-refractivity contribution in [2.75, 3.05) is 26.1 Å². The SMILES string of the molecule is COS(=O)(=O)OC[C@H](NC1([C@H](CS)NC(=O)CC[C@H](NC(=O)OC(C)(C)C)C(=O)OC(C)(C)C)CO1)C(=O)O. The third kappa shape index (κ3) is 13.1. The summed E-state index contributed by atoms with van der Waals surface area (Å²) in [6.07, 6.45) is -1.24. The third-order valence-electron chi connectivity index (χ3n) is 4.88. The smallest absolute Gasteiger partial charge is 0.408 e. The molecule has 1 aliphatic rings. The van der Waals surface area contributed by atoms with Crippen LogP contribution in [0.2, 0.25) is 0 Å². The predicted octanol–water partition coefficient (Wildman–Crippen LogP) is 0.0933. The zero-order valence-corrected chi connectivity index (χ0v) is 24.8. The lowest BCUT2D eigenvalue weighted by Gasteiger charge is -2.28. The van der Waals surface area contributed by atoms with Crippen LogP contribution in [-0.2, 0) is 47.4 Å². The molecule has 0 aliphatic carbocycles. The van der Waals surface area contributed by atoms with Crippen LogP contribution in [0.25, 0.3) is 0 Å². The highest BCUT2D eigenvalue weighted by molar-refractivity contribution is 7.81. The van der Waals surface area contributed by atoms with E-state index in [2.05, 4.69) is 36.9 Å².